The molecule has 0 saturated heterocycles. The predicted octanol–water partition coefficient (Wildman–Crippen LogP) is 1.58. The average Bonchev–Trinajstić information content (AvgIpc) is 3.14. The first-order chi connectivity index (χ1) is 11.3. The fraction of sp³-hybridized carbons (Fsp3) is 0.133. The van der Waals surface area contributed by atoms with Crippen LogP contribution in [0.2, 0.25) is 0 Å². The third kappa shape index (κ3) is 4.13. The highest BCUT2D eigenvalue weighted by Crippen LogP contribution is 2.12. The summed E-state index contributed by atoms with van der Waals surface area (Å²) >= 11 is 1.60. The lowest BCUT2D eigenvalue weighted by Gasteiger charge is -2.06. The van der Waals surface area contributed by atoms with E-state index in [9.17, 15) is 4.79 Å². The summed E-state index contributed by atoms with van der Waals surface area (Å²) in [6, 6.07) is 9.24. The van der Waals surface area contributed by atoms with Gasteiger partial charge in [0, 0.05) is 24.7 Å². The molecule has 0 aromatic carbocycles. The minimum atomic E-state index is -0.144. The molecule has 0 unspecified atom stereocenters. The van der Waals surface area contributed by atoms with Crippen LogP contribution < -0.4 is 5.32 Å². The molecule has 0 atom stereocenters. The highest BCUT2D eigenvalue weighted by Gasteiger charge is 2.06. The van der Waals surface area contributed by atoms with E-state index in [0.29, 0.717) is 17.9 Å². The molecule has 3 aromatic heterocycles. The summed E-state index contributed by atoms with van der Waals surface area (Å²) in [5.41, 5.74) is 0.518. The lowest BCUT2D eigenvalue weighted by Crippen LogP contribution is -2.25. The van der Waals surface area contributed by atoms with Crippen LogP contribution in [-0.4, -0.2) is 42.9 Å². The average molecular weight is 326 g/mol. The van der Waals surface area contributed by atoms with E-state index in [0.717, 1.165) is 10.8 Å². The van der Waals surface area contributed by atoms with Gasteiger partial charge in [0.15, 0.2) is 0 Å². The van der Waals surface area contributed by atoms with Gasteiger partial charge in [-0.3, -0.25) is 9.36 Å². The minimum absolute atomic E-state index is 0.144. The quantitative estimate of drug-likeness (QED) is 0.547. The van der Waals surface area contributed by atoms with E-state index < -0.39 is 0 Å². The van der Waals surface area contributed by atoms with Crippen molar-refractivity contribution in [1.82, 2.24) is 30.0 Å². The van der Waals surface area contributed by atoms with Gasteiger partial charge in [-0.05, 0) is 24.3 Å². The Kier molecular flexibility index (Phi) is 4.95. The smallest absolute Gasteiger partial charge is 0.252 e. The van der Waals surface area contributed by atoms with Gasteiger partial charge >= 0.3 is 0 Å². The molecule has 0 aliphatic heterocycles. The zero-order chi connectivity index (χ0) is 15.9. The predicted molar refractivity (Wildman–Crippen MR) is 86.4 cm³/mol. The van der Waals surface area contributed by atoms with E-state index in [-0.39, 0.29) is 5.91 Å². The van der Waals surface area contributed by atoms with Crippen molar-refractivity contribution in [2.45, 2.75) is 5.03 Å². The number of carbonyl (C=O) groups excluding carboxylic acids is 1. The standard InChI is InChI=1S/C15H14N6OS/c22-15(17-7-8-23-14-3-1-2-6-16-14)12-4-5-13(18-9-12)21-10-19-20-11-21/h1-6,9-11H,7-8H2,(H,17,22). The Bertz CT molecular complexity index is 745. The maximum Gasteiger partial charge on any atom is 0.252 e. The fourth-order valence-electron chi connectivity index (χ4n) is 1.85. The van der Waals surface area contributed by atoms with Gasteiger partial charge in [-0.2, -0.15) is 0 Å². The Hall–Kier alpha value is -2.74. The fourth-order valence-corrected chi connectivity index (χ4v) is 2.57. The summed E-state index contributed by atoms with van der Waals surface area (Å²) in [6.07, 6.45) is 6.40. The Balaban J connectivity index is 1.48. The van der Waals surface area contributed by atoms with Crippen LogP contribution >= 0.6 is 11.8 Å². The molecule has 3 aromatic rings. The van der Waals surface area contributed by atoms with Crippen LogP contribution in [0.4, 0.5) is 0 Å². The number of aromatic nitrogens is 5. The van der Waals surface area contributed by atoms with Crippen LogP contribution in [0, 0.1) is 0 Å². The number of thioether (sulfide) groups is 1. The van der Waals surface area contributed by atoms with Crippen molar-refractivity contribution in [1.29, 1.82) is 0 Å². The van der Waals surface area contributed by atoms with Crippen LogP contribution in [-0.2, 0) is 0 Å². The molecule has 0 aliphatic carbocycles. The molecule has 3 rings (SSSR count). The molecule has 0 aliphatic rings. The summed E-state index contributed by atoms with van der Waals surface area (Å²) in [5, 5.41) is 11.2. The topological polar surface area (TPSA) is 85.6 Å². The highest BCUT2D eigenvalue weighted by molar-refractivity contribution is 7.99. The number of hydrogen-bond acceptors (Lipinski definition) is 6. The van der Waals surface area contributed by atoms with E-state index in [1.165, 1.54) is 6.20 Å². The van der Waals surface area contributed by atoms with Crippen molar-refractivity contribution in [2.75, 3.05) is 12.3 Å². The van der Waals surface area contributed by atoms with Crippen LogP contribution in [0.3, 0.4) is 0 Å². The number of pyridine rings is 2. The Morgan fingerprint density at radius 3 is 2.70 bits per heavy atom. The first kappa shape index (κ1) is 15.2. The molecule has 0 saturated carbocycles. The van der Waals surface area contributed by atoms with Gasteiger partial charge < -0.3 is 5.32 Å². The van der Waals surface area contributed by atoms with Crippen molar-refractivity contribution in [3.05, 3.63) is 60.9 Å². The lowest BCUT2D eigenvalue weighted by molar-refractivity contribution is 0.0956. The molecular formula is C15H14N6OS. The third-order valence-electron chi connectivity index (χ3n) is 2.97. The second kappa shape index (κ2) is 7.50. The van der Waals surface area contributed by atoms with E-state index in [2.05, 4.69) is 25.5 Å². The van der Waals surface area contributed by atoms with Crippen molar-refractivity contribution < 1.29 is 4.79 Å². The molecule has 0 spiro atoms. The third-order valence-corrected chi connectivity index (χ3v) is 3.91. The highest BCUT2D eigenvalue weighted by atomic mass is 32.2. The second-order valence-electron chi connectivity index (χ2n) is 4.55. The van der Waals surface area contributed by atoms with Crippen molar-refractivity contribution in [3.8, 4) is 5.82 Å². The van der Waals surface area contributed by atoms with Gasteiger partial charge in [0.1, 0.15) is 18.5 Å². The van der Waals surface area contributed by atoms with E-state index >= 15 is 0 Å². The van der Waals surface area contributed by atoms with Crippen LogP contribution in [0.15, 0.2) is 60.4 Å². The maximum absolute atomic E-state index is 12.0. The van der Waals surface area contributed by atoms with E-state index in [1.54, 1.807) is 47.3 Å². The summed E-state index contributed by atoms with van der Waals surface area (Å²) in [7, 11) is 0. The first-order valence-corrected chi connectivity index (χ1v) is 7.94. The number of hydrogen-bond donors (Lipinski definition) is 1. The molecule has 1 N–H and O–H groups in total. The van der Waals surface area contributed by atoms with Gasteiger partial charge in [0.05, 0.1) is 10.6 Å². The second-order valence-corrected chi connectivity index (χ2v) is 5.66. The molecule has 116 valence electrons. The zero-order valence-electron chi connectivity index (χ0n) is 12.2. The van der Waals surface area contributed by atoms with Crippen LogP contribution in [0.5, 0.6) is 0 Å². The van der Waals surface area contributed by atoms with Crippen molar-refractivity contribution in [3.63, 3.8) is 0 Å². The summed E-state index contributed by atoms with van der Waals surface area (Å²) in [4.78, 5) is 20.5. The van der Waals surface area contributed by atoms with Gasteiger partial charge in [-0.25, -0.2) is 9.97 Å². The van der Waals surface area contributed by atoms with Crippen LogP contribution in [0.25, 0.3) is 5.82 Å². The SMILES string of the molecule is O=C(NCCSc1ccccn1)c1ccc(-n2cnnc2)nc1. The Morgan fingerprint density at radius 2 is 2.00 bits per heavy atom. The molecule has 0 fully saturated rings. The Labute approximate surface area is 137 Å². The molecular weight excluding hydrogens is 312 g/mol. The summed E-state index contributed by atoms with van der Waals surface area (Å²) in [6.45, 7) is 0.563. The molecule has 0 bridgehead atoms. The monoisotopic (exact) mass is 326 g/mol. The summed E-state index contributed by atoms with van der Waals surface area (Å²) < 4.78 is 1.67. The molecule has 1 amide bonds. The number of carbonyl (C=O) groups is 1. The van der Waals surface area contributed by atoms with E-state index in [1.807, 2.05) is 18.2 Å². The largest absolute Gasteiger partial charge is 0.351 e. The first-order valence-electron chi connectivity index (χ1n) is 6.96. The minimum Gasteiger partial charge on any atom is -0.351 e. The zero-order valence-corrected chi connectivity index (χ0v) is 13.0. The summed E-state index contributed by atoms with van der Waals surface area (Å²) in [5.74, 6) is 1.28. The van der Waals surface area contributed by atoms with Crippen molar-refractivity contribution >= 4 is 17.7 Å². The molecule has 0 radical (unpaired) electrons. The lowest BCUT2D eigenvalue weighted by atomic mass is 10.2. The van der Waals surface area contributed by atoms with Gasteiger partial charge in [0.2, 0.25) is 0 Å². The van der Waals surface area contributed by atoms with E-state index in [4.69, 9.17) is 0 Å². The molecule has 7 nitrogen and oxygen atoms in total. The molecule has 3 heterocycles. The van der Waals surface area contributed by atoms with Crippen LogP contribution in [0.1, 0.15) is 10.4 Å². The normalized spacial score (nSPS) is 10.4. The van der Waals surface area contributed by atoms with Gasteiger partial charge in [0.25, 0.3) is 5.91 Å². The maximum atomic E-state index is 12.0. The van der Waals surface area contributed by atoms with Gasteiger partial charge in [-0.15, -0.1) is 22.0 Å². The Morgan fingerprint density at radius 1 is 1.13 bits per heavy atom. The number of nitrogens with one attached hydrogen (secondary N) is 1. The number of amides is 1. The number of nitrogens with zero attached hydrogens (tertiary/aromatic N) is 5. The van der Waals surface area contributed by atoms with Crippen molar-refractivity contribution in [2.24, 2.45) is 0 Å². The van der Waals surface area contributed by atoms with Gasteiger partial charge in [-0.1, -0.05) is 6.07 Å². The molecule has 8 heteroatoms. The number of rotatable bonds is 6. The molecule has 23 heavy (non-hydrogen) atoms.